The Labute approximate surface area is 159 Å². The molecule has 0 radical (unpaired) electrons. The molecule has 1 saturated heterocycles. The lowest BCUT2D eigenvalue weighted by molar-refractivity contribution is -0.149. The molecule has 3 N–H and O–H groups in total. The van der Waals surface area contributed by atoms with Crippen LogP contribution < -0.4 is 0 Å². The van der Waals surface area contributed by atoms with Crippen molar-refractivity contribution in [2.45, 2.75) is 38.1 Å². The van der Waals surface area contributed by atoms with E-state index in [1.807, 2.05) is 6.92 Å². The highest BCUT2D eigenvalue weighted by Gasteiger charge is 2.57. The van der Waals surface area contributed by atoms with E-state index in [1.54, 1.807) is 0 Å². The SMILES string of the molecule is C=C(CO)C(=O)OC1CC(=C)C2CC(O)C(C)C2C2OC(=O)C(=C)C12.CO. The Kier molecular flexibility index (Phi) is 6.62. The number of carbonyl (C=O) groups excluding carboxylic acids is 2. The summed E-state index contributed by atoms with van der Waals surface area (Å²) in [6, 6.07) is 0. The second-order valence-corrected chi connectivity index (χ2v) is 7.33. The smallest absolute Gasteiger partial charge is 0.336 e. The largest absolute Gasteiger partial charge is 0.458 e. The third kappa shape index (κ3) is 3.72. The van der Waals surface area contributed by atoms with E-state index in [2.05, 4.69) is 19.7 Å². The first kappa shape index (κ1) is 21.3. The molecule has 27 heavy (non-hydrogen) atoms. The third-order valence-corrected chi connectivity index (χ3v) is 5.94. The summed E-state index contributed by atoms with van der Waals surface area (Å²) in [7, 11) is 1.00. The molecule has 0 aromatic carbocycles. The molecular formula is C20H28O7. The van der Waals surface area contributed by atoms with Gasteiger partial charge in [0.15, 0.2) is 0 Å². The van der Waals surface area contributed by atoms with Gasteiger partial charge in [-0.3, -0.25) is 0 Å². The topological polar surface area (TPSA) is 113 Å². The fourth-order valence-corrected chi connectivity index (χ4v) is 4.52. The zero-order chi connectivity index (χ0) is 20.5. The predicted octanol–water partition coefficient (Wildman–Crippen LogP) is 0.746. The fourth-order valence-electron chi connectivity index (χ4n) is 4.52. The van der Waals surface area contributed by atoms with Crippen LogP contribution in [0.1, 0.15) is 19.8 Å². The van der Waals surface area contributed by atoms with Gasteiger partial charge in [0.25, 0.3) is 0 Å². The molecule has 0 spiro atoms. The molecule has 0 amide bonds. The summed E-state index contributed by atoms with van der Waals surface area (Å²) < 4.78 is 11.1. The van der Waals surface area contributed by atoms with Gasteiger partial charge in [0.05, 0.1) is 24.2 Å². The maximum atomic E-state index is 12.1. The Balaban J connectivity index is 0.00000126. The number of aliphatic hydroxyl groups excluding tert-OH is 3. The summed E-state index contributed by atoms with van der Waals surface area (Å²) in [6.07, 6.45) is -0.712. The number of hydrogen-bond donors (Lipinski definition) is 3. The summed E-state index contributed by atoms with van der Waals surface area (Å²) in [6.45, 7) is 12.9. The Morgan fingerprint density at radius 3 is 2.56 bits per heavy atom. The molecule has 7 nitrogen and oxygen atoms in total. The molecular weight excluding hydrogens is 352 g/mol. The molecule has 0 aromatic heterocycles. The van der Waals surface area contributed by atoms with E-state index in [4.69, 9.17) is 19.7 Å². The van der Waals surface area contributed by atoms with Gasteiger partial charge in [-0.25, -0.2) is 9.59 Å². The average molecular weight is 380 g/mol. The van der Waals surface area contributed by atoms with Crippen molar-refractivity contribution >= 4 is 11.9 Å². The van der Waals surface area contributed by atoms with Gasteiger partial charge in [0.1, 0.15) is 12.2 Å². The number of hydrogen-bond acceptors (Lipinski definition) is 7. The molecule has 7 heteroatoms. The van der Waals surface area contributed by atoms with Crippen molar-refractivity contribution in [3.05, 3.63) is 36.5 Å². The second kappa shape index (κ2) is 8.37. The van der Waals surface area contributed by atoms with E-state index >= 15 is 0 Å². The zero-order valence-electron chi connectivity index (χ0n) is 15.8. The van der Waals surface area contributed by atoms with Gasteiger partial charge in [-0.05, 0) is 18.3 Å². The Morgan fingerprint density at radius 2 is 1.96 bits per heavy atom. The van der Waals surface area contributed by atoms with E-state index in [1.165, 1.54) is 0 Å². The zero-order valence-corrected chi connectivity index (χ0v) is 15.8. The minimum atomic E-state index is -0.702. The Hall–Kier alpha value is -1.96. The van der Waals surface area contributed by atoms with Crippen LogP contribution in [0.4, 0.5) is 0 Å². The Morgan fingerprint density at radius 1 is 1.33 bits per heavy atom. The summed E-state index contributed by atoms with van der Waals surface area (Å²) in [5, 5.41) is 26.4. The molecule has 1 aliphatic heterocycles. The van der Waals surface area contributed by atoms with Gasteiger partial charge in [0, 0.05) is 25.0 Å². The lowest BCUT2D eigenvalue weighted by Crippen LogP contribution is -2.38. The fraction of sp³-hybridized carbons (Fsp3) is 0.600. The van der Waals surface area contributed by atoms with Crippen LogP contribution >= 0.6 is 0 Å². The van der Waals surface area contributed by atoms with Crippen molar-refractivity contribution in [3.63, 3.8) is 0 Å². The molecule has 2 saturated carbocycles. The van der Waals surface area contributed by atoms with Gasteiger partial charge in [-0.15, -0.1) is 0 Å². The van der Waals surface area contributed by atoms with Gasteiger partial charge in [-0.1, -0.05) is 32.2 Å². The van der Waals surface area contributed by atoms with E-state index in [-0.39, 0.29) is 28.9 Å². The van der Waals surface area contributed by atoms with Gasteiger partial charge in [0.2, 0.25) is 0 Å². The molecule has 3 fully saturated rings. The normalized spacial score (nSPS) is 37.4. The molecule has 7 unspecified atom stereocenters. The quantitative estimate of drug-likeness (QED) is 0.376. The standard InChI is InChI=1S/C19H24O6.CH4O/c1-8-5-14(24-18(22)9(2)7-20)16-11(4)19(23)25-17(16)15-10(3)13(21)6-12(8)15;1-2/h10,12-17,20-21H,1-2,4-7H2,3H3;2H,1H3. The van der Waals surface area contributed by atoms with Gasteiger partial charge < -0.3 is 24.8 Å². The van der Waals surface area contributed by atoms with Gasteiger partial charge >= 0.3 is 11.9 Å². The number of carbonyl (C=O) groups is 2. The van der Waals surface area contributed by atoms with Crippen molar-refractivity contribution < 1.29 is 34.4 Å². The molecule has 0 aromatic rings. The molecule has 2 aliphatic carbocycles. The maximum absolute atomic E-state index is 12.1. The summed E-state index contributed by atoms with van der Waals surface area (Å²) >= 11 is 0. The number of esters is 2. The maximum Gasteiger partial charge on any atom is 0.336 e. The third-order valence-electron chi connectivity index (χ3n) is 5.94. The molecule has 7 atom stereocenters. The highest BCUT2D eigenvalue weighted by atomic mass is 16.6. The van der Waals surface area contributed by atoms with Crippen molar-refractivity contribution in [2.24, 2.45) is 23.7 Å². The lowest BCUT2D eigenvalue weighted by Gasteiger charge is -2.30. The van der Waals surface area contributed by atoms with Crippen LogP contribution in [-0.4, -0.2) is 59.3 Å². The van der Waals surface area contributed by atoms with E-state index in [0.29, 0.717) is 12.8 Å². The van der Waals surface area contributed by atoms with Crippen LogP contribution in [0.2, 0.25) is 0 Å². The van der Waals surface area contributed by atoms with E-state index < -0.39 is 42.8 Å². The molecule has 0 bridgehead atoms. The Bertz CT molecular complexity index is 653. The molecule has 150 valence electrons. The van der Waals surface area contributed by atoms with E-state index in [9.17, 15) is 14.7 Å². The molecule has 3 aliphatic rings. The molecule has 1 heterocycles. The van der Waals surface area contributed by atoms with Gasteiger partial charge in [-0.2, -0.15) is 0 Å². The minimum absolute atomic E-state index is 0.000875. The summed E-state index contributed by atoms with van der Waals surface area (Å²) in [5.74, 6) is -1.82. The van der Waals surface area contributed by atoms with Crippen molar-refractivity contribution in [3.8, 4) is 0 Å². The van der Waals surface area contributed by atoms with Crippen LogP contribution in [0.25, 0.3) is 0 Å². The number of ether oxygens (including phenoxy) is 2. The van der Waals surface area contributed by atoms with Crippen molar-refractivity contribution in [2.75, 3.05) is 13.7 Å². The molecule has 3 rings (SSSR count). The second-order valence-electron chi connectivity index (χ2n) is 7.33. The van der Waals surface area contributed by atoms with Crippen LogP contribution in [0, 0.1) is 23.7 Å². The van der Waals surface area contributed by atoms with Crippen molar-refractivity contribution in [1.82, 2.24) is 0 Å². The highest BCUT2D eigenvalue weighted by molar-refractivity contribution is 5.91. The number of aliphatic hydroxyl groups is 3. The first-order chi connectivity index (χ1) is 12.8. The van der Waals surface area contributed by atoms with Crippen LogP contribution in [0.15, 0.2) is 36.5 Å². The van der Waals surface area contributed by atoms with Crippen LogP contribution in [0.5, 0.6) is 0 Å². The highest BCUT2D eigenvalue weighted by Crippen LogP contribution is 2.53. The monoisotopic (exact) mass is 380 g/mol. The first-order valence-corrected chi connectivity index (χ1v) is 8.96. The lowest BCUT2D eigenvalue weighted by atomic mass is 9.79. The number of rotatable bonds is 3. The predicted molar refractivity (Wildman–Crippen MR) is 97.3 cm³/mol. The van der Waals surface area contributed by atoms with E-state index in [0.717, 1.165) is 12.7 Å². The summed E-state index contributed by atoms with van der Waals surface area (Å²) in [5.41, 5.74) is 1.10. The first-order valence-electron chi connectivity index (χ1n) is 8.96. The minimum Gasteiger partial charge on any atom is -0.458 e. The van der Waals surface area contributed by atoms with Crippen LogP contribution in [0.3, 0.4) is 0 Å². The van der Waals surface area contributed by atoms with Crippen molar-refractivity contribution in [1.29, 1.82) is 0 Å². The summed E-state index contributed by atoms with van der Waals surface area (Å²) in [4.78, 5) is 24.2. The van der Waals surface area contributed by atoms with Crippen LogP contribution in [-0.2, 0) is 19.1 Å². The average Bonchev–Trinajstić information content (AvgIpc) is 3.07. The number of fused-ring (bicyclic) bond motifs is 3.